The Bertz CT molecular complexity index is 726. The van der Waals surface area contributed by atoms with E-state index in [1.165, 1.54) is 0 Å². The molecule has 0 unspecified atom stereocenters. The van der Waals surface area contributed by atoms with Gasteiger partial charge in [-0.05, 0) is 22.8 Å². The predicted octanol–water partition coefficient (Wildman–Crippen LogP) is 1.90. The third-order valence-corrected chi connectivity index (χ3v) is 3.87. The number of rotatable bonds is 8. The molecule has 0 amide bonds. The van der Waals surface area contributed by atoms with E-state index in [0.717, 1.165) is 22.9 Å². The molecule has 2 rings (SSSR count). The van der Waals surface area contributed by atoms with Crippen LogP contribution in [0.15, 0.2) is 54.9 Å². The first-order valence-corrected chi connectivity index (χ1v) is 9.26. The van der Waals surface area contributed by atoms with Gasteiger partial charge in [-0.25, -0.2) is 13.1 Å². The number of aromatic nitrogens is 1. The SMILES string of the molecule is CS(=O)(=O)NCCNC/C=C/c1ccc(-c2cccnc2)cc1. The molecule has 23 heavy (non-hydrogen) atoms. The summed E-state index contributed by atoms with van der Waals surface area (Å²) in [5.41, 5.74) is 3.36. The van der Waals surface area contributed by atoms with Crippen molar-refractivity contribution in [3.63, 3.8) is 0 Å². The molecule has 0 aliphatic carbocycles. The Hall–Kier alpha value is -2.02. The molecule has 6 heteroatoms. The summed E-state index contributed by atoms with van der Waals surface area (Å²) in [5.74, 6) is 0. The minimum Gasteiger partial charge on any atom is -0.312 e. The second-order valence-electron chi connectivity index (χ2n) is 5.14. The fraction of sp³-hybridized carbons (Fsp3) is 0.235. The zero-order valence-electron chi connectivity index (χ0n) is 13.1. The number of benzene rings is 1. The maximum Gasteiger partial charge on any atom is 0.208 e. The van der Waals surface area contributed by atoms with Crippen molar-refractivity contribution < 1.29 is 8.42 Å². The first-order chi connectivity index (χ1) is 11.0. The summed E-state index contributed by atoms with van der Waals surface area (Å²) in [4.78, 5) is 4.12. The van der Waals surface area contributed by atoms with Crippen LogP contribution in [0.25, 0.3) is 17.2 Å². The third kappa shape index (κ3) is 6.73. The highest BCUT2D eigenvalue weighted by Crippen LogP contribution is 2.18. The van der Waals surface area contributed by atoms with E-state index in [-0.39, 0.29) is 0 Å². The van der Waals surface area contributed by atoms with E-state index < -0.39 is 10.0 Å². The summed E-state index contributed by atoms with van der Waals surface area (Å²) in [7, 11) is -3.10. The number of hydrogen-bond acceptors (Lipinski definition) is 4. The van der Waals surface area contributed by atoms with Crippen molar-refractivity contribution in [2.24, 2.45) is 0 Å². The van der Waals surface area contributed by atoms with Gasteiger partial charge in [0.15, 0.2) is 0 Å². The van der Waals surface area contributed by atoms with Crippen molar-refractivity contribution in [1.82, 2.24) is 15.0 Å². The van der Waals surface area contributed by atoms with Crippen molar-refractivity contribution >= 4 is 16.1 Å². The molecule has 2 N–H and O–H groups in total. The summed E-state index contributed by atoms with van der Waals surface area (Å²) in [6, 6.07) is 12.2. The van der Waals surface area contributed by atoms with Crippen LogP contribution >= 0.6 is 0 Å². The van der Waals surface area contributed by atoms with E-state index in [4.69, 9.17) is 0 Å². The molecule has 0 bridgehead atoms. The average Bonchev–Trinajstić information content (AvgIpc) is 2.54. The normalized spacial score (nSPS) is 11.9. The second-order valence-corrected chi connectivity index (χ2v) is 6.97. The molecule has 0 aliphatic rings. The number of sulfonamides is 1. The van der Waals surface area contributed by atoms with Gasteiger partial charge in [0, 0.05) is 32.0 Å². The summed E-state index contributed by atoms with van der Waals surface area (Å²) >= 11 is 0. The van der Waals surface area contributed by atoms with Crippen LogP contribution in [0.5, 0.6) is 0 Å². The molecular weight excluding hydrogens is 310 g/mol. The van der Waals surface area contributed by atoms with Crippen molar-refractivity contribution in [3.8, 4) is 11.1 Å². The van der Waals surface area contributed by atoms with E-state index in [2.05, 4.69) is 39.3 Å². The number of pyridine rings is 1. The highest BCUT2D eigenvalue weighted by molar-refractivity contribution is 7.88. The lowest BCUT2D eigenvalue weighted by Gasteiger charge is -2.03. The predicted molar refractivity (Wildman–Crippen MR) is 94.4 cm³/mol. The highest BCUT2D eigenvalue weighted by Gasteiger charge is 1.98. The molecule has 1 aromatic carbocycles. The van der Waals surface area contributed by atoms with Crippen LogP contribution < -0.4 is 10.0 Å². The van der Waals surface area contributed by atoms with Crippen LogP contribution in [0.1, 0.15) is 5.56 Å². The zero-order chi connectivity index (χ0) is 16.5. The van der Waals surface area contributed by atoms with Crippen molar-refractivity contribution in [2.75, 3.05) is 25.9 Å². The van der Waals surface area contributed by atoms with Crippen LogP contribution in [0.4, 0.5) is 0 Å². The molecule has 0 radical (unpaired) electrons. The van der Waals surface area contributed by atoms with Crippen LogP contribution in [0.3, 0.4) is 0 Å². The van der Waals surface area contributed by atoms with Gasteiger partial charge in [-0.15, -0.1) is 0 Å². The fourth-order valence-corrected chi connectivity index (χ4v) is 2.50. The molecule has 2 aromatic rings. The van der Waals surface area contributed by atoms with E-state index in [1.54, 1.807) is 6.20 Å². The molecule has 0 saturated carbocycles. The summed E-state index contributed by atoms with van der Waals surface area (Å²) in [5, 5.41) is 3.14. The molecule has 0 aliphatic heterocycles. The van der Waals surface area contributed by atoms with Gasteiger partial charge in [-0.3, -0.25) is 4.98 Å². The number of hydrogen-bond donors (Lipinski definition) is 2. The van der Waals surface area contributed by atoms with Gasteiger partial charge in [0.1, 0.15) is 0 Å². The minimum absolute atomic E-state index is 0.395. The lowest BCUT2D eigenvalue weighted by molar-refractivity contribution is 0.584. The van der Waals surface area contributed by atoms with Gasteiger partial charge in [0.2, 0.25) is 10.0 Å². The summed E-state index contributed by atoms with van der Waals surface area (Å²) < 4.78 is 24.2. The zero-order valence-corrected chi connectivity index (χ0v) is 13.9. The van der Waals surface area contributed by atoms with Gasteiger partial charge in [0.05, 0.1) is 6.26 Å². The summed E-state index contributed by atoms with van der Waals surface area (Å²) in [6.07, 6.45) is 8.81. The molecular formula is C17H21N3O2S. The van der Waals surface area contributed by atoms with Crippen molar-refractivity contribution in [3.05, 3.63) is 60.4 Å². The molecule has 122 valence electrons. The van der Waals surface area contributed by atoms with E-state index in [9.17, 15) is 8.42 Å². The minimum atomic E-state index is -3.10. The summed E-state index contributed by atoms with van der Waals surface area (Å²) in [6.45, 7) is 1.68. The van der Waals surface area contributed by atoms with Crippen LogP contribution in [-0.2, 0) is 10.0 Å². The average molecular weight is 331 g/mol. The second kappa shape index (κ2) is 8.57. The van der Waals surface area contributed by atoms with Crippen LogP contribution in [-0.4, -0.2) is 39.3 Å². The smallest absolute Gasteiger partial charge is 0.208 e. The maximum absolute atomic E-state index is 10.9. The molecule has 0 saturated heterocycles. The Morgan fingerprint density at radius 2 is 1.87 bits per heavy atom. The van der Waals surface area contributed by atoms with Gasteiger partial charge in [-0.1, -0.05) is 42.5 Å². The van der Waals surface area contributed by atoms with Crippen molar-refractivity contribution in [2.45, 2.75) is 0 Å². The third-order valence-electron chi connectivity index (χ3n) is 3.14. The molecule has 5 nitrogen and oxygen atoms in total. The number of nitrogens with one attached hydrogen (secondary N) is 2. The maximum atomic E-state index is 10.9. The highest BCUT2D eigenvalue weighted by atomic mass is 32.2. The van der Waals surface area contributed by atoms with Crippen LogP contribution in [0.2, 0.25) is 0 Å². The lowest BCUT2D eigenvalue weighted by Crippen LogP contribution is -2.31. The molecule has 0 atom stereocenters. The van der Waals surface area contributed by atoms with Crippen LogP contribution in [0, 0.1) is 0 Å². The lowest BCUT2D eigenvalue weighted by atomic mass is 10.1. The molecule has 1 aromatic heterocycles. The molecule has 1 heterocycles. The Morgan fingerprint density at radius 3 is 2.52 bits per heavy atom. The van der Waals surface area contributed by atoms with Gasteiger partial charge in [-0.2, -0.15) is 0 Å². The van der Waals surface area contributed by atoms with E-state index in [0.29, 0.717) is 19.6 Å². The Balaban J connectivity index is 1.75. The monoisotopic (exact) mass is 331 g/mol. The first-order valence-electron chi connectivity index (χ1n) is 7.37. The Labute approximate surface area is 137 Å². The fourth-order valence-electron chi connectivity index (χ4n) is 2.03. The van der Waals surface area contributed by atoms with Gasteiger partial charge < -0.3 is 5.32 Å². The van der Waals surface area contributed by atoms with Gasteiger partial charge >= 0.3 is 0 Å². The molecule has 0 spiro atoms. The number of nitrogens with zero attached hydrogens (tertiary/aromatic N) is 1. The first kappa shape index (κ1) is 17.3. The van der Waals surface area contributed by atoms with E-state index in [1.807, 2.05) is 30.5 Å². The van der Waals surface area contributed by atoms with E-state index >= 15 is 0 Å². The quantitative estimate of drug-likeness (QED) is 0.725. The largest absolute Gasteiger partial charge is 0.312 e. The topological polar surface area (TPSA) is 71.1 Å². The van der Waals surface area contributed by atoms with Crippen molar-refractivity contribution in [1.29, 1.82) is 0 Å². The Morgan fingerprint density at radius 1 is 1.09 bits per heavy atom. The Kier molecular flexibility index (Phi) is 6.46. The standard InChI is InChI=1S/C17H21N3O2S/c1-23(21,22)20-13-12-18-10-2-4-15-6-8-16(9-7-15)17-5-3-11-19-14-17/h2-9,11,14,18,20H,10,12-13H2,1H3/b4-2+. The van der Waals surface area contributed by atoms with Gasteiger partial charge in [0.25, 0.3) is 0 Å². The molecule has 0 fully saturated rings.